The molecule has 0 bridgehead atoms. The number of rotatable bonds is 9. The molecular formula is C24H24O7. The van der Waals surface area contributed by atoms with Crippen LogP contribution in [0.3, 0.4) is 0 Å². The molecule has 0 amide bonds. The summed E-state index contributed by atoms with van der Waals surface area (Å²) >= 11 is 0. The maximum Gasteiger partial charge on any atom is 0.227 e. The first-order valence-corrected chi connectivity index (χ1v) is 9.44. The molecule has 0 fully saturated rings. The molecule has 0 radical (unpaired) electrons. The lowest BCUT2D eigenvalue weighted by molar-refractivity contribution is 0.291. The first kappa shape index (κ1) is 21.8. The Kier molecular flexibility index (Phi) is 7.22. The van der Waals surface area contributed by atoms with E-state index in [1.165, 1.54) is 12.3 Å². The quantitative estimate of drug-likeness (QED) is 0.503. The van der Waals surface area contributed by atoms with Crippen LogP contribution in [0, 0.1) is 0 Å². The van der Waals surface area contributed by atoms with Crippen molar-refractivity contribution in [3.63, 3.8) is 0 Å². The lowest BCUT2D eigenvalue weighted by Crippen LogP contribution is -2.07. The van der Waals surface area contributed by atoms with Crippen molar-refractivity contribution in [3.8, 4) is 28.7 Å². The second kappa shape index (κ2) is 10.2. The van der Waals surface area contributed by atoms with Crippen LogP contribution in [0.15, 0.2) is 57.9 Å². The fraction of sp³-hybridized carbons (Fsp3) is 0.208. The smallest absolute Gasteiger partial charge is 0.227 e. The molecule has 7 nitrogen and oxygen atoms in total. The van der Waals surface area contributed by atoms with E-state index in [0.29, 0.717) is 23.0 Å². The maximum atomic E-state index is 12.4. The number of hydrogen-bond donors (Lipinski definition) is 0. The molecule has 1 aromatic heterocycles. The Labute approximate surface area is 180 Å². The average Bonchev–Trinajstić information content (AvgIpc) is 2.81. The third kappa shape index (κ3) is 5.39. The van der Waals surface area contributed by atoms with Crippen LogP contribution in [-0.4, -0.2) is 28.4 Å². The predicted molar refractivity (Wildman–Crippen MR) is 117 cm³/mol. The van der Waals surface area contributed by atoms with E-state index < -0.39 is 0 Å². The highest BCUT2D eigenvalue weighted by atomic mass is 16.5. The third-order valence-electron chi connectivity index (χ3n) is 4.50. The Hall–Kier alpha value is -3.87. The second-order valence-electron chi connectivity index (χ2n) is 6.44. The molecule has 0 atom stereocenters. The maximum absolute atomic E-state index is 12.4. The molecule has 3 rings (SSSR count). The minimum atomic E-state index is -0.274. The minimum absolute atomic E-state index is 0.140. The fourth-order valence-corrected chi connectivity index (χ4v) is 2.87. The van der Waals surface area contributed by atoms with Crippen LogP contribution in [0.1, 0.15) is 16.9 Å². The molecular weight excluding hydrogens is 400 g/mol. The van der Waals surface area contributed by atoms with E-state index in [2.05, 4.69) is 0 Å². The van der Waals surface area contributed by atoms with E-state index >= 15 is 0 Å². The fourth-order valence-electron chi connectivity index (χ4n) is 2.87. The van der Waals surface area contributed by atoms with Gasteiger partial charge in [-0.05, 0) is 41.5 Å². The van der Waals surface area contributed by atoms with Gasteiger partial charge in [0, 0.05) is 6.07 Å². The SMILES string of the molecule is COc1ccc(COc2coc(/C=C/c3cc(OC)c(OC)c(OC)c3)cc2=O)cc1. The number of ether oxygens (including phenoxy) is 5. The topological polar surface area (TPSA) is 76.4 Å². The molecule has 1 heterocycles. The Morgan fingerprint density at radius 1 is 0.806 bits per heavy atom. The summed E-state index contributed by atoms with van der Waals surface area (Å²) in [6.45, 7) is 0.245. The van der Waals surface area contributed by atoms with Gasteiger partial charge in [0.25, 0.3) is 0 Å². The summed E-state index contributed by atoms with van der Waals surface area (Å²) in [6, 6.07) is 12.4. The third-order valence-corrected chi connectivity index (χ3v) is 4.50. The van der Waals surface area contributed by atoms with Crippen molar-refractivity contribution >= 4 is 12.2 Å². The zero-order valence-electron chi connectivity index (χ0n) is 17.8. The van der Waals surface area contributed by atoms with Crippen LogP contribution >= 0.6 is 0 Å². The van der Waals surface area contributed by atoms with Crippen LogP contribution in [0.25, 0.3) is 12.2 Å². The molecule has 0 N–H and O–H groups in total. The predicted octanol–water partition coefficient (Wildman–Crippen LogP) is 4.42. The second-order valence-corrected chi connectivity index (χ2v) is 6.44. The highest BCUT2D eigenvalue weighted by Crippen LogP contribution is 2.38. The van der Waals surface area contributed by atoms with Crippen molar-refractivity contribution in [1.82, 2.24) is 0 Å². The van der Waals surface area contributed by atoms with Crippen molar-refractivity contribution in [2.75, 3.05) is 28.4 Å². The van der Waals surface area contributed by atoms with E-state index in [1.54, 1.807) is 52.7 Å². The summed E-state index contributed by atoms with van der Waals surface area (Å²) in [7, 11) is 6.25. The van der Waals surface area contributed by atoms with E-state index in [4.69, 9.17) is 28.1 Å². The van der Waals surface area contributed by atoms with Gasteiger partial charge < -0.3 is 28.1 Å². The van der Waals surface area contributed by atoms with Crippen molar-refractivity contribution in [2.24, 2.45) is 0 Å². The normalized spacial score (nSPS) is 10.7. The summed E-state index contributed by atoms with van der Waals surface area (Å²) in [5.41, 5.74) is 1.42. The van der Waals surface area contributed by atoms with Crippen LogP contribution in [0.4, 0.5) is 0 Å². The van der Waals surface area contributed by atoms with Gasteiger partial charge in [-0.25, -0.2) is 0 Å². The molecule has 31 heavy (non-hydrogen) atoms. The molecule has 0 spiro atoms. The van der Waals surface area contributed by atoms with Gasteiger partial charge >= 0.3 is 0 Å². The lowest BCUT2D eigenvalue weighted by atomic mass is 10.1. The largest absolute Gasteiger partial charge is 0.497 e. The lowest BCUT2D eigenvalue weighted by Gasteiger charge is -2.12. The van der Waals surface area contributed by atoms with Crippen molar-refractivity contribution in [2.45, 2.75) is 6.61 Å². The first-order valence-electron chi connectivity index (χ1n) is 9.44. The molecule has 0 aliphatic carbocycles. The summed E-state index contributed by atoms with van der Waals surface area (Å²) in [5, 5.41) is 0. The van der Waals surface area contributed by atoms with Gasteiger partial charge in [-0.3, -0.25) is 4.79 Å². The minimum Gasteiger partial charge on any atom is -0.497 e. The average molecular weight is 424 g/mol. The van der Waals surface area contributed by atoms with Crippen molar-refractivity contribution < 1.29 is 28.1 Å². The number of hydrogen-bond acceptors (Lipinski definition) is 7. The summed E-state index contributed by atoms with van der Waals surface area (Å²) in [4.78, 5) is 12.4. The highest BCUT2D eigenvalue weighted by molar-refractivity contribution is 5.71. The van der Waals surface area contributed by atoms with Gasteiger partial charge in [-0.2, -0.15) is 0 Å². The summed E-state index contributed by atoms with van der Waals surface area (Å²) in [5.74, 6) is 2.85. The Bertz CT molecular complexity index is 1070. The molecule has 0 unspecified atom stereocenters. The van der Waals surface area contributed by atoms with E-state index in [9.17, 15) is 4.79 Å². The molecule has 0 saturated carbocycles. The van der Waals surface area contributed by atoms with Gasteiger partial charge in [0.1, 0.15) is 24.4 Å². The zero-order valence-corrected chi connectivity index (χ0v) is 17.8. The van der Waals surface area contributed by atoms with Gasteiger partial charge in [-0.1, -0.05) is 18.2 Å². The number of methoxy groups -OCH3 is 4. The molecule has 0 aliphatic rings. The Morgan fingerprint density at radius 3 is 2.03 bits per heavy atom. The van der Waals surface area contributed by atoms with Gasteiger partial charge in [0.05, 0.1) is 28.4 Å². The molecule has 0 saturated heterocycles. The van der Waals surface area contributed by atoms with Crippen LogP contribution in [0.2, 0.25) is 0 Å². The molecule has 0 aliphatic heterocycles. The monoisotopic (exact) mass is 424 g/mol. The van der Waals surface area contributed by atoms with Crippen LogP contribution < -0.4 is 29.1 Å². The molecule has 162 valence electrons. The van der Waals surface area contributed by atoms with E-state index in [0.717, 1.165) is 16.9 Å². The summed E-state index contributed by atoms with van der Waals surface area (Å²) < 4.78 is 32.2. The standard InChI is InChI=1S/C24H24O7/c1-26-18-8-5-16(6-9-18)14-31-23-15-30-19(13-20(23)25)10-7-17-11-21(27-2)24(29-4)22(12-17)28-3/h5-13,15H,14H2,1-4H3/b10-7+. The Morgan fingerprint density at radius 2 is 1.48 bits per heavy atom. The molecule has 2 aromatic carbocycles. The van der Waals surface area contributed by atoms with Crippen molar-refractivity contribution in [1.29, 1.82) is 0 Å². The highest BCUT2D eigenvalue weighted by Gasteiger charge is 2.12. The van der Waals surface area contributed by atoms with Gasteiger partial charge in [-0.15, -0.1) is 0 Å². The van der Waals surface area contributed by atoms with Crippen molar-refractivity contribution in [3.05, 3.63) is 75.8 Å². The van der Waals surface area contributed by atoms with E-state index in [1.807, 2.05) is 24.3 Å². The van der Waals surface area contributed by atoms with E-state index in [-0.39, 0.29) is 17.8 Å². The summed E-state index contributed by atoms with van der Waals surface area (Å²) in [6.07, 6.45) is 4.76. The molecule has 7 heteroatoms. The Balaban J connectivity index is 1.72. The van der Waals surface area contributed by atoms with Crippen LogP contribution in [0.5, 0.6) is 28.7 Å². The number of benzene rings is 2. The first-order chi connectivity index (χ1) is 15.1. The zero-order chi connectivity index (χ0) is 22.2. The van der Waals surface area contributed by atoms with Crippen LogP contribution in [-0.2, 0) is 6.61 Å². The molecule has 3 aromatic rings. The van der Waals surface area contributed by atoms with Gasteiger partial charge in [0.2, 0.25) is 16.9 Å². The van der Waals surface area contributed by atoms with Gasteiger partial charge in [0.15, 0.2) is 11.5 Å².